The fraction of sp³-hybridized carbons (Fsp3) is 0.304. The minimum absolute atomic E-state index is 0.168. The molecular formula is C23H27NO4. The highest BCUT2D eigenvalue weighted by Gasteiger charge is 2.19. The normalized spacial score (nSPS) is 12.9. The van der Waals surface area contributed by atoms with Gasteiger partial charge in [0.05, 0.1) is 6.04 Å². The van der Waals surface area contributed by atoms with E-state index >= 15 is 0 Å². The standard InChI is InChI=1S/C23H27NO4/c1-16(21(25)26)14-20(24-22(27)28-23(2,3)4)15-17-10-12-19(13-11-17)18-8-6-5-7-9-18/h5-14,20H,15H2,1-4H3,(H,24,27)(H,25,26)/b16-14-. The summed E-state index contributed by atoms with van der Waals surface area (Å²) >= 11 is 0. The molecule has 2 aromatic rings. The van der Waals surface area contributed by atoms with Gasteiger partial charge in [-0.05, 0) is 50.8 Å². The van der Waals surface area contributed by atoms with Gasteiger partial charge in [-0.1, -0.05) is 60.7 Å². The number of ether oxygens (including phenoxy) is 1. The van der Waals surface area contributed by atoms with Crippen LogP contribution in [0.3, 0.4) is 0 Å². The largest absolute Gasteiger partial charge is 0.478 e. The molecule has 0 aliphatic carbocycles. The zero-order valence-electron chi connectivity index (χ0n) is 16.7. The number of nitrogens with one attached hydrogen (secondary N) is 1. The summed E-state index contributed by atoms with van der Waals surface area (Å²) in [7, 11) is 0. The number of rotatable bonds is 6. The SMILES string of the molecule is C/C(=C/C(Cc1ccc(-c2ccccc2)cc1)NC(=O)OC(C)(C)C)C(=O)O. The van der Waals surface area contributed by atoms with Crippen LogP contribution < -0.4 is 5.32 Å². The Bertz CT molecular complexity index is 833. The number of carbonyl (C=O) groups is 2. The predicted molar refractivity (Wildman–Crippen MR) is 110 cm³/mol. The Kier molecular flexibility index (Phi) is 6.99. The van der Waals surface area contributed by atoms with Crippen LogP contribution in [0.4, 0.5) is 4.79 Å². The van der Waals surface area contributed by atoms with Crippen LogP contribution in [0.2, 0.25) is 0 Å². The molecule has 2 rings (SSSR count). The maximum absolute atomic E-state index is 12.1. The van der Waals surface area contributed by atoms with Gasteiger partial charge in [-0.3, -0.25) is 0 Å². The number of hydrogen-bond acceptors (Lipinski definition) is 3. The van der Waals surface area contributed by atoms with Gasteiger partial charge in [0.15, 0.2) is 0 Å². The minimum atomic E-state index is -1.02. The molecule has 0 fully saturated rings. The number of amides is 1. The van der Waals surface area contributed by atoms with Gasteiger partial charge in [-0.25, -0.2) is 9.59 Å². The number of carboxylic acid groups (broad SMARTS) is 1. The van der Waals surface area contributed by atoms with Gasteiger partial charge < -0.3 is 15.2 Å². The topological polar surface area (TPSA) is 75.6 Å². The van der Waals surface area contributed by atoms with E-state index in [-0.39, 0.29) is 5.57 Å². The summed E-state index contributed by atoms with van der Waals surface area (Å²) < 4.78 is 5.30. The average Bonchev–Trinajstić information content (AvgIpc) is 2.61. The Labute approximate surface area is 166 Å². The van der Waals surface area contributed by atoms with Crippen molar-refractivity contribution in [2.75, 3.05) is 0 Å². The molecule has 1 unspecified atom stereocenters. The molecule has 0 heterocycles. The summed E-state index contributed by atoms with van der Waals surface area (Å²) in [6.07, 6.45) is 1.42. The third kappa shape index (κ3) is 6.91. The number of aliphatic carboxylic acids is 1. The highest BCUT2D eigenvalue weighted by Crippen LogP contribution is 2.20. The van der Waals surface area contributed by atoms with Crippen LogP contribution in [0, 0.1) is 0 Å². The van der Waals surface area contributed by atoms with E-state index in [1.165, 1.54) is 13.0 Å². The van der Waals surface area contributed by atoms with Gasteiger partial charge in [0.2, 0.25) is 0 Å². The van der Waals surface area contributed by atoms with Crippen molar-refractivity contribution in [2.45, 2.75) is 45.8 Å². The highest BCUT2D eigenvalue weighted by atomic mass is 16.6. The molecule has 28 heavy (non-hydrogen) atoms. The van der Waals surface area contributed by atoms with E-state index in [9.17, 15) is 9.59 Å². The highest BCUT2D eigenvalue weighted by molar-refractivity contribution is 5.86. The van der Waals surface area contributed by atoms with E-state index in [1.54, 1.807) is 20.8 Å². The number of hydrogen-bond donors (Lipinski definition) is 2. The first-order chi connectivity index (χ1) is 13.1. The van der Waals surface area contributed by atoms with Crippen molar-refractivity contribution >= 4 is 12.1 Å². The Morgan fingerprint density at radius 1 is 1.04 bits per heavy atom. The van der Waals surface area contributed by atoms with Crippen molar-refractivity contribution in [2.24, 2.45) is 0 Å². The van der Waals surface area contributed by atoms with Gasteiger partial charge in [-0.2, -0.15) is 0 Å². The first kappa shape index (κ1) is 21.2. The van der Waals surface area contributed by atoms with Crippen LogP contribution in [0.5, 0.6) is 0 Å². The van der Waals surface area contributed by atoms with Crippen molar-refractivity contribution in [3.8, 4) is 11.1 Å². The van der Waals surface area contributed by atoms with Crippen LogP contribution in [0.1, 0.15) is 33.3 Å². The fourth-order valence-corrected chi connectivity index (χ4v) is 2.70. The third-order valence-electron chi connectivity index (χ3n) is 4.01. The first-order valence-corrected chi connectivity index (χ1v) is 9.19. The van der Waals surface area contributed by atoms with Gasteiger partial charge in [0.1, 0.15) is 5.60 Å². The fourth-order valence-electron chi connectivity index (χ4n) is 2.70. The molecular weight excluding hydrogens is 354 g/mol. The number of alkyl carbamates (subject to hydrolysis) is 1. The maximum Gasteiger partial charge on any atom is 0.408 e. The van der Waals surface area contributed by atoms with Crippen LogP contribution in [0.15, 0.2) is 66.2 Å². The Hall–Kier alpha value is -3.08. The van der Waals surface area contributed by atoms with Crippen LogP contribution in [0.25, 0.3) is 11.1 Å². The molecule has 0 radical (unpaired) electrons. The molecule has 0 aliphatic heterocycles. The quantitative estimate of drug-likeness (QED) is 0.704. The van der Waals surface area contributed by atoms with E-state index in [0.29, 0.717) is 6.42 Å². The van der Waals surface area contributed by atoms with Crippen LogP contribution in [-0.4, -0.2) is 28.8 Å². The molecule has 0 aliphatic rings. The number of carboxylic acids is 1. The van der Waals surface area contributed by atoms with Gasteiger partial charge in [0.25, 0.3) is 0 Å². The molecule has 0 saturated carbocycles. The lowest BCUT2D eigenvalue weighted by Crippen LogP contribution is -2.39. The lowest BCUT2D eigenvalue weighted by atomic mass is 10.00. The summed E-state index contributed by atoms with van der Waals surface area (Å²) in [5.74, 6) is -1.02. The smallest absolute Gasteiger partial charge is 0.408 e. The van der Waals surface area contributed by atoms with E-state index < -0.39 is 23.7 Å². The Morgan fingerprint density at radius 3 is 2.14 bits per heavy atom. The van der Waals surface area contributed by atoms with Gasteiger partial charge in [0, 0.05) is 5.57 Å². The predicted octanol–water partition coefficient (Wildman–Crippen LogP) is 4.82. The first-order valence-electron chi connectivity index (χ1n) is 9.19. The summed E-state index contributed by atoms with van der Waals surface area (Å²) in [5, 5.41) is 11.9. The van der Waals surface area contributed by atoms with Gasteiger partial charge >= 0.3 is 12.1 Å². The molecule has 5 nitrogen and oxygen atoms in total. The zero-order valence-corrected chi connectivity index (χ0v) is 16.7. The maximum atomic E-state index is 12.1. The van der Waals surface area contributed by atoms with Crippen molar-refractivity contribution in [3.63, 3.8) is 0 Å². The molecule has 1 atom stereocenters. The van der Waals surface area contributed by atoms with Crippen LogP contribution in [-0.2, 0) is 16.0 Å². The second-order valence-corrected chi connectivity index (χ2v) is 7.67. The second kappa shape index (κ2) is 9.22. The van der Waals surface area contributed by atoms with Crippen molar-refractivity contribution in [3.05, 3.63) is 71.8 Å². The van der Waals surface area contributed by atoms with Crippen molar-refractivity contribution in [1.29, 1.82) is 0 Å². The zero-order chi connectivity index (χ0) is 20.7. The van der Waals surface area contributed by atoms with E-state index in [1.807, 2.05) is 54.6 Å². The summed E-state index contributed by atoms with van der Waals surface area (Å²) in [6, 6.07) is 17.5. The monoisotopic (exact) mass is 381 g/mol. The molecule has 148 valence electrons. The van der Waals surface area contributed by atoms with Gasteiger partial charge in [-0.15, -0.1) is 0 Å². The summed E-state index contributed by atoms with van der Waals surface area (Å²) in [4.78, 5) is 23.3. The second-order valence-electron chi connectivity index (χ2n) is 7.67. The summed E-state index contributed by atoms with van der Waals surface area (Å²) in [6.45, 7) is 6.84. The Balaban J connectivity index is 2.16. The van der Waals surface area contributed by atoms with E-state index in [2.05, 4.69) is 5.32 Å². The minimum Gasteiger partial charge on any atom is -0.478 e. The average molecular weight is 381 g/mol. The number of carbonyl (C=O) groups excluding carboxylic acids is 1. The summed E-state index contributed by atoms with van der Waals surface area (Å²) in [5.41, 5.74) is 2.74. The van der Waals surface area contributed by atoms with Crippen molar-refractivity contribution < 1.29 is 19.4 Å². The molecule has 0 saturated heterocycles. The van der Waals surface area contributed by atoms with E-state index in [0.717, 1.165) is 16.7 Å². The Morgan fingerprint density at radius 2 is 1.61 bits per heavy atom. The molecule has 0 aromatic heterocycles. The molecule has 1 amide bonds. The third-order valence-corrected chi connectivity index (χ3v) is 4.01. The molecule has 2 aromatic carbocycles. The van der Waals surface area contributed by atoms with Crippen LogP contribution >= 0.6 is 0 Å². The lowest BCUT2D eigenvalue weighted by Gasteiger charge is -2.22. The number of benzene rings is 2. The van der Waals surface area contributed by atoms with Crippen molar-refractivity contribution in [1.82, 2.24) is 5.32 Å². The van der Waals surface area contributed by atoms with E-state index in [4.69, 9.17) is 9.84 Å². The molecule has 0 spiro atoms. The molecule has 0 bridgehead atoms. The molecule has 5 heteroatoms. The lowest BCUT2D eigenvalue weighted by molar-refractivity contribution is -0.132. The molecule has 2 N–H and O–H groups in total.